The van der Waals surface area contributed by atoms with Crippen LogP contribution in [0.25, 0.3) is 0 Å². The smallest absolute Gasteiger partial charge is 0.336 e. The van der Waals surface area contributed by atoms with Crippen molar-refractivity contribution in [1.29, 1.82) is 0 Å². The summed E-state index contributed by atoms with van der Waals surface area (Å²) in [4.78, 5) is 33.0. The van der Waals surface area contributed by atoms with E-state index in [4.69, 9.17) is 15.3 Å². The Morgan fingerprint density at radius 2 is 1.76 bits per heavy atom. The van der Waals surface area contributed by atoms with Crippen LogP contribution in [0.1, 0.15) is 6.92 Å². The van der Waals surface area contributed by atoms with Crippen LogP contribution in [0.15, 0.2) is 23.3 Å². The topological polar surface area (TPSA) is 112 Å². The minimum absolute atomic E-state index is 0.402. The van der Waals surface area contributed by atoms with Crippen molar-refractivity contribution in [3.63, 3.8) is 0 Å². The Kier molecular flexibility index (Phi) is 3.42. The van der Waals surface area contributed by atoms with E-state index in [0.29, 0.717) is 0 Å². The quantitative estimate of drug-likeness (QED) is 0.667. The molecule has 0 fully saturated rings. The monoisotopic (exact) mass is 304 g/mol. The molecule has 0 saturated carbocycles. The Hall–Kier alpha value is -1.63. The molecule has 3 N–H and O–H groups in total. The molecule has 1 aliphatic rings. The zero-order valence-electron chi connectivity index (χ0n) is 8.68. The molecule has 92 valence electrons. The predicted molar refractivity (Wildman–Crippen MR) is 59.9 cm³/mol. The molecular weight excluding hydrogens is 296 g/mol. The molecule has 0 aromatic heterocycles. The Labute approximate surface area is 104 Å². The average Bonchev–Trinajstić information content (AvgIpc) is 2.20. The summed E-state index contributed by atoms with van der Waals surface area (Å²) >= 11 is 2.93. The summed E-state index contributed by atoms with van der Waals surface area (Å²) in [6.07, 6.45) is 2.13. The minimum Gasteiger partial charge on any atom is -0.480 e. The molecule has 0 bridgehead atoms. The third-order valence-electron chi connectivity index (χ3n) is 2.63. The van der Waals surface area contributed by atoms with Gasteiger partial charge in [-0.05, 0) is 6.08 Å². The van der Waals surface area contributed by atoms with Gasteiger partial charge in [0.05, 0.1) is 11.1 Å². The third-order valence-corrected chi connectivity index (χ3v) is 3.92. The number of rotatable bonds is 3. The fourth-order valence-electron chi connectivity index (χ4n) is 1.63. The molecule has 0 spiro atoms. The van der Waals surface area contributed by atoms with Gasteiger partial charge in [0.1, 0.15) is 4.32 Å². The van der Waals surface area contributed by atoms with Gasteiger partial charge in [-0.3, -0.25) is 4.79 Å². The van der Waals surface area contributed by atoms with Crippen molar-refractivity contribution in [3.05, 3.63) is 23.3 Å². The molecule has 1 rings (SSSR count). The predicted octanol–water partition coefficient (Wildman–Crippen LogP) is 0.876. The van der Waals surface area contributed by atoms with Crippen molar-refractivity contribution < 1.29 is 29.7 Å². The molecule has 1 aliphatic carbocycles. The molecule has 17 heavy (non-hydrogen) atoms. The van der Waals surface area contributed by atoms with E-state index in [2.05, 4.69) is 15.9 Å². The summed E-state index contributed by atoms with van der Waals surface area (Å²) in [6.45, 7) is 1.35. The van der Waals surface area contributed by atoms with Crippen molar-refractivity contribution in [1.82, 2.24) is 0 Å². The van der Waals surface area contributed by atoms with Gasteiger partial charge < -0.3 is 15.3 Å². The lowest BCUT2D eigenvalue weighted by molar-refractivity contribution is -0.140. The van der Waals surface area contributed by atoms with Crippen LogP contribution in [0.2, 0.25) is 0 Å². The summed E-state index contributed by atoms with van der Waals surface area (Å²) in [5, 5.41) is 26.9. The maximum Gasteiger partial charge on any atom is 0.336 e. The van der Waals surface area contributed by atoms with E-state index in [1.165, 1.54) is 6.92 Å². The molecule has 0 saturated heterocycles. The number of halogens is 1. The van der Waals surface area contributed by atoms with Crippen molar-refractivity contribution in [2.45, 2.75) is 11.2 Å². The Morgan fingerprint density at radius 1 is 1.24 bits per heavy atom. The van der Waals surface area contributed by atoms with E-state index >= 15 is 0 Å². The Bertz CT molecular complexity index is 463. The van der Waals surface area contributed by atoms with E-state index in [1.807, 2.05) is 0 Å². The lowest BCUT2D eigenvalue weighted by atomic mass is 9.80. The lowest BCUT2D eigenvalue weighted by Crippen LogP contribution is -2.41. The first kappa shape index (κ1) is 13.4. The lowest BCUT2D eigenvalue weighted by Gasteiger charge is -2.30. The van der Waals surface area contributed by atoms with E-state index in [1.54, 1.807) is 0 Å². The van der Waals surface area contributed by atoms with Crippen LogP contribution in [-0.4, -0.2) is 37.6 Å². The van der Waals surface area contributed by atoms with Crippen molar-refractivity contribution in [2.24, 2.45) is 5.92 Å². The van der Waals surface area contributed by atoms with Gasteiger partial charge in [-0.25, -0.2) is 9.59 Å². The standard InChI is InChI=1S/C10H9BrO6/c1-4-6(8(14)15)5(7(12)13)2-3-10(4,11)9(16)17/h2-4H,1H3,(H,12,13)(H,14,15)(H,16,17). The molecule has 0 aliphatic heterocycles. The van der Waals surface area contributed by atoms with Crippen LogP contribution in [-0.2, 0) is 14.4 Å². The zero-order valence-corrected chi connectivity index (χ0v) is 10.3. The number of hydrogen-bond acceptors (Lipinski definition) is 3. The maximum atomic E-state index is 11.1. The van der Waals surface area contributed by atoms with E-state index < -0.39 is 39.3 Å². The number of alkyl halides is 1. The molecule has 0 radical (unpaired) electrons. The van der Waals surface area contributed by atoms with Crippen molar-refractivity contribution in [3.8, 4) is 0 Å². The molecule has 2 unspecified atom stereocenters. The first-order valence-corrected chi connectivity index (χ1v) is 5.33. The highest BCUT2D eigenvalue weighted by molar-refractivity contribution is 9.10. The molecule has 0 amide bonds. The van der Waals surface area contributed by atoms with Gasteiger partial charge >= 0.3 is 17.9 Å². The Morgan fingerprint density at radius 3 is 2.12 bits per heavy atom. The molecule has 0 aromatic rings. The van der Waals surface area contributed by atoms with Gasteiger partial charge in [-0.15, -0.1) is 0 Å². The van der Waals surface area contributed by atoms with Crippen LogP contribution < -0.4 is 0 Å². The summed E-state index contributed by atoms with van der Waals surface area (Å²) in [6, 6.07) is 0. The molecule has 6 nitrogen and oxygen atoms in total. The van der Waals surface area contributed by atoms with Gasteiger partial charge in [0.15, 0.2) is 0 Å². The highest BCUT2D eigenvalue weighted by atomic mass is 79.9. The van der Waals surface area contributed by atoms with Gasteiger partial charge in [0.25, 0.3) is 0 Å². The summed E-state index contributed by atoms with van der Waals surface area (Å²) in [5.41, 5.74) is -0.833. The zero-order chi connectivity index (χ0) is 13.4. The largest absolute Gasteiger partial charge is 0.480 e. The molecule has 2 atom stereocenters. The van der Waals surface area contributed by atoms with Crippen LogP contribution in [0, 0.1) is 5.92 Å². The van der Waals surface area contributed by atoms with Gasteiger partial charge in [0.2, 0.25) is 0 Å². The van der Waals surface area contributed by atoms with Crippen molar-refractivity contribution >= 4 is 33.8 Å². The van der Waals surface area contributed by atoms with E-state index in [9.17, 15) is 14.4 Å². The van der Waals surface area contributed by atoms with Crippen LogP contribution in [0.3, 0.4) is 0 Å². The number of carbonyl (C=O) groups is 3. The fourth-order valence-corrected chi connectivity index (χ4v) is 1.99. The number of aliphatic carboxylic acids is 3. The molecule has 0 heterocycles. The SMILES string of the molecule is CC1C(C(=O)O)=C(C(=O)O)C=CC1(Br)C(=O)O. The van der Waals surface area contributed by atoms with Gasteiger partial charge in [-0.1, -0.05) is 28.9 Å². The first-order valence-electron chi connectivity index (χ1n) is 4.54. The van der Waals surface area contributed by atoms with E-state index in [0.717, 1.165) is 12.2 Å². The van der Waals surface area contributed by atoms with E-state index in [-0.39, 0.29) is 0 Å². The summed E-state index contributed by atoms with van der Waals surface area (Å²) in [7, 11) is 0. The molecule has 7 heteroatoms. The van der Waals surface area contributed by atoms with Gasteiger partial charge in [-0.2, -0.15) is 0 Å². The first-order chi connectivity index (χ1) is 7.71. The highest BCUT2D eigenvalue weighted by Gasteiger charge is 2.46. The average molecular weight is 305 g/mol. The number of carboxylic acid groups (broad SMARTS) is 3. The minimum atomic E-state index is -1.60. The second-order valence-electron chi connectivity index (χ2n) is 3.57. The van der Waals surface area contributed by atoms with Gasteiger partial charge in [0, 0.05) is 5.92 Å². The number of carboxylic acids is 3. The fraction of sp³-hybridized carbons (Fsp3) is 0.300. The van der Waals surface area contributed by atoms with Crippen LogP contribution >= 0.6 is 15.9 Å². The summed E-state index contributed by atoms with van der Waals surface area (Å²) in [5.74, 6) is -5.12. The summed E-state index contributed by atoms with van der Waals surface area (Å²) < 4.78 is -1.60. The second-order valence-corrected chi connectivity index (χ2v) is 4.88. The highest BCUT2D eigenvalue weighted by Crippen LogP contribution is 2.40. The normalized spacial score (nSPS) is 28.0. The molecule has 0 aromatic carbocycles. The second kappa shape index (κ2) is 4.33. The molecular formula is C10H9BrO6. The van der Waals surface area contributed by atoms with Crippen molar-refractivity contribution in [2.75, 3.05) is 0 Å². The van der Waals surface area contributed by atoms with Crippen LogP contribution in [0.5, 0.6) is 0 Å². The Balaban J connectivity index is 3.41. The number of hydrogen-bond donors (Lipinski definition) is 3. The maximum absolute atomic E-state index is 11.1. The van der Waals surface area contributed by atoms with Crippen LogP contribution in [0.4, 0.5) is 0 Å². The third kappa shape index (κ3) is 2.10.